The highest BCUT2D eigenvalue weighted by Gasteiger charge is 2.40. The van der Waals surface area contributed by atoms with Crippen molar-refractivity contribution < 1.29 is 9.59 Å². The molecule has 0 fully saturated rings. The van der Waals surface area contributed by atoms with Crippen molar-refractivity contribution in [3.8, 4) is 0 Å². The van der Waals surface area contributed by atoms with E-state index in [4.69, 9.17) is 0 Å². The number of hydrogen-bond donors (Lipinski definition) is 1. The molecule has 2 amide bonds. The van der Waals surface area contributed by atoms with Gasteiger partial charge in [-0.1, -0.05) is 36.4 Å². The van der Waals surface area contributed by atoms with E-state index in [0.29, 0.717) is 22.5 Å². The summed E-state index contributed by atoms with van der Waals surface area (Å²) in [6.45, 7) is 10.0. The molecule has 0 aromatic heterocycles. The first-order valence-corrected chi connectivity index (χ1v) is 11.3. The highest BCUT2D eigenvalue weighted by atomic mass is 16.2. The quantitative estimate of drug-likeness (QED) is 0.491. The van der Waals surface area contributed by atoms with Crippen LogP contribution in [0.3, 0.4) is 0 Å². The Morgan fingerprint density at radius 2 is 1.39 bits per heavy atom. The Kier molecular flexibility index (Phi) is 6.31. The minimum atomic E-state index is -0.350. The van der Waals surface area contributed by atoms with Crippen LogP contribution < -0.4 is 15.1 Å². The first-order valence-electron chi connectivity index (χ1n) is 11.3. The average molecular weight is 440 g/mol. The van der Waals surface area contributed by atoms with Crippen molar-refractivity contribution in [2.24, 2.45) is 0 Å². The van der Waals surface area contributed by atoms with Gasteiger partial charge in [0.25, 0.3) is 11.8 Å². The number of anilines is 3. The molecule has 0 atom stereocenters. The van der Waals surface area contributed by atoms with Crippen molar-refractivity contribution in [1.82, 2.24) is 0 Å². The molecule has 1 aliphatic heterocycles. The summed E-state index contributed by atoms with van der Waals surface area (Å²) in [4.78, 5) is 30.7. The number of rotatable bonds is 7. The molecule has 3 aromatic rings. The minimum Gasteiger partial charge on any atom is -0.372 e. The van der Waals surface area contributed by atoms with Crippen LogP contribution in [0.15, 0.2) is 78.5 Å². The van der Waals surface area contributed by atoms with Crippen LogP contribution >= 0.6 is 0 Å². The van der Waals surface area contributed by atoms with Crippen LogP contribution in [0.25, 0.3) is 5.57 Å². The molecule has 0 saturated carbocycles. The van der Waals surface area contributed by atoms with Crippen LogP contribution in [-0.2, 0) is 9.59 Å². The fourth-order valence-corrected chi connectivity index (χ4v) is 4.32. The molecule has 5 heteroatoms. The molecule has 5 nitrogen and oxygen atoms in total. The van der Waals surface area contributed by atoms with Gasteiger partial charge >= 0.3 is 0 Å². The van der Waals surface area contributed by atoms with E-state index in [9.17, 15) is 9.59 Å². The van der Waals surface area contributed by atoms with Gasteiger partial charge < -0.3 is 10.2 Å². The third-order valence-corrected chi connectivity index (χ3v) is 5.88. The number of nitrogens with one attached hydrogen (secondary N) is 1. The second kappa shape index (κ2) is 9.33. The van der Waals surface area contributed by atoms with Crippen molar-refractivity contribution in [3.63, 3.8) is 0 Å². The van der Waals surface area contributed by atoms with E-state index < -0.39 is 0 Å². The lowest BCUT2D eigenvalue weighted by Gasteiger charge is -2.21. The molecule has 0 unspecified atom stereocenters. The Morgan fingerprint density at radius 3 is 1.97 bits per heavy atom. The van der Waals surface area contributed by atoms with E-state index in [-0.39, 0.29) is 11.8 Å². The Morgan fingerprint density at radius 1 is 0.788 bits per heavy atom. The molecule has 4 rings (SSSR count). The van der Waals surface area contributed by atoms with Gasteiger partial charge in [-0.15, -0.1) is 0 Å². The summed E-state index contributed by atoms with van der Waals surface area (Å²) >= 11 is 0. The zero-order chi connectivity index (χ0) is 23.5. The minimum absolute atomic E-state index is 0.293. The van der Waals surface area contributed by atoms with Gasteiger partial charge in [0.2, 0.25) is 0 Å². The largest absolute Gasteiger partial charge is 0.372 e. The predicted octanol–water partition coefficient (Wildman–Crippen LogP) is 5.55. The summed E-state index contributed by atoms with van der Waals surface area (Å²) < 4.78 is 0. The Labute approximate surface area is 195 Å². The Bertz CT molecular complexity index is 1190. The molecule has 1 heterocycles. The van der Waals surface area contributed by atoms with E-state index in [1.54, 1.807) is 0 Å². The van der Waals surface area contributed by atoms with Crippen LogP contribution in [0.5, 0.6) is 0 Å². The summed E-state index contributed by atoms with van der Waals surface area (Å²) in [5.41, 5.74) is 5.86. The van der Waals surface area contributed by atoms with Crippen LogP contribution in [-0.4, -0.2) is 24.9 Å². The van der Waals surface area contributed by atoms with E-state index in [0.717, 1.165) is 35.6 Å². The molecule has 0 saturated heterocycles. The van der Waals surface area contributed by atoms with Crippen molar-refractivity contribution in [3.05, 3.63) is 95.2 Å². The Hall–Kier alpha value is -3.86. The molecule has 0 spiro atoms. The number of amides is 2. The van der Waals surface area contributed by atoms with E-state index in [1.165, 1.54) is 4.90 Å². The topological polar surface area (TPSA) is 52.7 Å². The van der Waals surface area contributed by atoms with Gasteiger partial charge in [-0.2, -0.15) is 0 Å². The van der Waals surface area contributed by atoms with Crippen LogP contribution in [0.1, 0.15) is 30.5 Å². The highest BCUT2D eigenvalue weighted by molar-refractivity contribution is 6.46. The summed E-state index contributed by atoms with van der Waals surface area (Å²) in [5.74, 6) is -0.671. The van der Waals surface area contributed by atoms with Crippen LogP contribution in [0.2, 0.25) is 0 Å². The number of nitrogens with zero attached hydrogens (tertiary/aromatic N) is 2. The standard InChI is InChI=1S/C28H29N3O2/c1-5-30(6-2)23-14-12-22(13-15-23)29-26-25(21-10-8-7-9-11-21)27(32)31(28(26)33)24-17-19(3)16-20(4)18-24/h7-18,29H,5-6H2,1-4H3. The maximum absolute atomic E-state index is 13.6. The lowest BCUT2D eigenvalue weighted by atomic mass is 10.0. The third kappa shape index (κ3) is 4.40. The fourth-order valence-electron chi connectivity index (χ4n) is 4.32. The molecule has 0 aliphatic carbocycles. The van der Waals surface area contributed by atoms with Crippen LogP contribution in [0.4, 0.5) is 17.1 Å². The molecule has 33 heavy (non-hydrogen) atoms. The molecule has 3 aromatic carbocycles. The molecule has 0 bridgehead atoms. The van der Waals surface area contributed by atoms with Gasteiger partial charge in [0, 0.05) is 24.5 Å². The zero-order valence-corrected chi connectivity index (χ0v) is 19.6. The molecular formula is C28H29N3O2. The maximum Gasteiger partial charge on any atom is 0.282 e. The van der Waals surface area contributed by atoms with Gasteiger partial charge in [-0.3, -0.25) is 9.59 Å². The fraction of sp³-hybridized carbons (Fsp3) is 0.214. The number of carbonyl (C=O) groups excluding carboxylic acids is 2. The van der Waals surface area contributed by atoms with Crippen molar-refractivity contribution in [2.45, 2.75) is 27.7 Å². The molecule has 1 N–H and O–H groups in total. The normalized spacial score (nSPS) is 13.6. The van der Waals surface area contributed by atoms with Gasteiger partial charge in [0.15, 0.2) is 0 Å². The van der Waals surface area contributed by atoms with E-state index >= 15 is 0 Å². The van der Waals surface area contributed by atoms with Crippen molar-refractivity contribution in [2.75, 3.05) is 28.2 Å². The SMILES string of the molecule is CCN(CC)c1ccc(NC2=C(c3ccccc3)C(=O)N(c3cc(C)cc(C)c3)C2=O)cc1. The zero-order valence-electron chi connectivity index (χ0n) is 19.6. The second-order valence-electron chi connectivity index (χ2n) is 8.25. The molecule has 168 valence electrons. The van der Waals surface area contributed by atoms with Gasteiger partial charge in [-0.25, -0.2) is 4.90 Å². The first-order chi connectivity index (χ1) is 15.9. The number of imide groups is 1. The Balaban J connectivity index is 1.74. The summed E-state index contributed by atoms with van der Waals surface area (Å²) in [5, 5.41) is 3.25. The number of carbonyl (C=O) groups is 2. The highest BCUT2D eigenvalue weighted by Crippen LogP contribution is 2.34. The summed E-state index contributed by atoms with van der Waals surface area (Å²) in [6.07, 6.45) is 0. The first kappa shape index (κ1) is 22.3. The third-order valence-electron chi connectivity index (χ3n) is 5.88. The number of hydrogen-bond acceptors (Lipinski definition) is 4. The average Bonchev–Trinajstić information content (AvgIpc) is 3.05. The smallest absolute Gasteiger partial charge is 0.282 e. The van der Waals surface area contributed by atoms with Gasteiger partial charge in [-0.05, 0) is 80.8 Å². The number of benzene rings is 3. The van der Waals surface area contributed by atoms with Gasteiger partial charge in [0.05, 0.1) is 11.3 Å². The molecule has 1 aliphatic rings. The summed E-state index contributed by atoms with van der Waals surface area (Å²) in [6, 6.07) is 23.1. The summed E-state index contributed by atoms with van der Waals surface area (Å²) in [7, 11) is 0. The molecule has 0 radical (unpaired) electrons. The predicted molar refractivity (Wildman–Crippen MR) is 135 cm³/mol. The van der Waals surface area contributed by atoms with Crippen molar-refractivity contribution in [1.29, 1.82) is 0 Å². The lowest BCUT2D eigenvalue weighted by Crippen LogP contribution is -2.32. The monoisotopic (exact) mass is 439 g/mol. The molecular weight excluding hydrogens is 410 g/mol. The van der Waals surface area contributed by atoms with Crippen molar-refractivity contribution >= 4 is 34.4 Å². The van der Waals surface area contributed by atoms with E-state index in [2.05, 4.69) is 24.1 Å². The number of aryl methyl sites for hydroxylation is 2. The second-order valence-corrected chi connectivity index (χ2v) is 8.25. The maximum atomic E-state index is 13.6. The van der Waals surface area contributed by atoms with Crippen LogP contribution in [0, 0.1) is 13.8 Å². The van der Waals surface area contributed by atoms with E-state index in [1.807, 2.05) is 86.6 Å². The lowest BCUT2D eigenvalue weighted by molar-refractivity contribution is -0.120. The van der Waals surface area contributed by atoms with Gasteiger partial charge in [0.1, 0.15) is 5.70 Å².